The fourth-order valence-electron chi connectivity index (χ4n) is 3.89. The van der Waals surface area contributed by atoms with Gasteiger partial charge in [0.05, 0.1) is 11.0 Å². The highest BCUT2D eigenvalue weighted by atomic mass is 16.2. The minimum Gasteiger partial charge on any atom is -0.338 e. The number of piperidine rings is 1. The van der Waals surface area contributed by atoms with E-state index < -0.39 is 0 Å². The van der Waals surface area contributed by atoms with Gasteiger partial charge >= 0.3 is 0 Å². The zero-order valence-electron chi connectivity index (χ0n) is 13.9. The van der Waals surface area contributed by atoms with E-state index in [0.29, 0.717) is 18.5 Å². The van der Waals surface area contributed by atoms with Crippen LogP contribution in [0.4, 0.5) is 0 Å². The molecule has 1 aliphatic heterocycles. The highest BCUT2D eigenvalue weighted by Crippen LogP contribution is 2.40. The van der Waals surface area contributed by atoms with Crippen molar-refractivity contribution in [2.45, 2.75) is 64.0 Å². The number of aromatic nitrogens is 2. The number of carbonyl (C=O) groups is 1. The second-order valence-electron chi connectivity index (χ2n) is 6.96. The Morgan fingerprint density at radius 1 is 1.22 bits per heavy atom. The van der Waals surface area contributed by atoms with Crippen LogP contribution in [0.5, 0.6) is 0 Å². The Morgan fingerprint density at radius 3 is 2.83 bits per heavy atom. The van der Waals surface area contributed by atoms with Gasteiger partial charge < -0.3 is 9.47 Å². The summed E-state index contributed by atoms with van der Waals surface area (Å²) in [7, 11) is 0. The van der Waals surface area contributed by atoms with E-state index in [1.165, 1.54) is 19.3 Å². The molecule has 1 aromatic carbocycles. The lowest BCUT2D eigenvalue weighted by Crippen LogP contribution is -2.44. The number of amides is 1. The molecule has 2 aromatic rings. The van der Waals surface area contributed by atoms with Crippen molar-refractivity contribution < 1.29 is 4.79 Å². The van der Waals surface area contributed by atoms with Gasteiger partial charge in [-0.1, -0.05) is 19.1 Å². The lowest BCUT2D eigenvalue weighted by Gasteiger charge is -2.35. The standard InChI is InChI=1S/C19H25N3O/c1-2-15-7-5-6-12-21(15)18(23)13-22-17-9-4-3-8-16(17)20-19(22)14-10-11-14/h3-4,8-9,14-15H,2,5-7,10-13H2,1H3. The van der Waals surface area contributed by atoms with E-state index in [-0.39, 0.29) is 5.91 Å². The quantitative estimate of drug-likeness (QED) is 0.863. The molecule has 1 amide bonds. The van der Waals surface area contributed by atoms with Gasteiger partial charge in [0, 0.05) is 18.5 Å². The number of hydrogen-bond acceptors (Lipinski definition) is 2. The van der Waals surface area contributed by atoms with Crippen LogP contribution < -0.4 is 0 Å². The predicted molar refractivity (Wildman–Crippen MR) is 91.4 cm³/mol. The van der Waals surface area contributed by atoms with Crippen molar-refractivity contribution in [3.63, 3.8) is 0 Å². The van der Waals surface area contributed by atoms with Gasteiger partial charge in [0.1, 0.15) is 12.4 Å². The van der Waals surface area contributed by atoms with Crippen molar-refractivity contribution >= 4 is 16.9 Å². The van der Waals surface area contributed by atoms with Gasteiger partial charge in [-0.25, -0.2) is 4.98 Å². The van der Waals surface area contributed by atoms with Crippen LogP contribution in [0.1, 0.15) is 57.2 Å². The van der Waals surface area contributed by atoms with Crippen molar-refractivity contribution in [3.05, 3.63) is 30.1 Å². The Morgan fingerprint density at radius 2 is 2.04 bits per heavy atom. The molecule has 1 aliphatic carbocycles. The van der Waals surface area contributed by atoms with Gasteiger partial charge in [-0.15, -0.1) is 0 Å². The van der Waals surface area contributed by atoms with Crippen molar-refractivity contribution in [2.24, 2.45) is 0 Å². The van der Waals surface area contributed by atoms with Crippen LogP contribution in [-0.2, 0) is 11.3 Å². The number of imidazole rings is 1. The van der Waals surface area contributed by atoms with Crippen LogP contribution in [0.3, 0.4) is 0 Å². The molecule has 0 spiro atoms. The third kappa shape index (κ3) is 2.75. The molecule has 23 heavy (non-hydrogen) atoms. The Labute approximate surface area is 137 Å². The summed E-state index contributed by atoms with van der Waals surface area (Å²) in [6.45, 7) is 3.56. The Hall–Kier alpha value is -1.84. The zero-order chi connectivity index (χ0) is 15.8. The van der Waals surface area contributed by atoms with Crippen molar-refractivity contribution in [2.75, 3.05) is 6.54 Å². The molecule has 122 valence electrons. The Balaban J connectivity index is 1.64. The van der Waals surface area contributed by atoms with Gasteiger partial charge in [-0.3, -0.25) is 4.79 Å². The number of hydrogen-bond donors (Lipinski definition) is 0. The molecule has 0 N–H and O–H groups in total. The molecule has 0 radical (unpaired) electrons. The molecule has 4 rings (SSSR count). The van der Waals surface area contributed by atoms with Gasteiger partial charge in [0.2, 0.25) is 5.91 Å². The SMILES string of the molecule is CCC1CCCCN1C(=O)Cn1c(C2CC2)nc2ccccc21. The number of benzene rings is 1. The van der Waals surface area contributed by atoms with E-state index in [4.69, 9.17) is 4.98 Å². The van der Waals surface area contributed by atoms with E-state index in [0.717, 1.165) is 42.7 Å². The monoisotopic (exact) mass is 311 g/mol. The topological polar surface area (TPSA) is 38.1 Å². The molecule has 1 unspecified atom stereocenters. The van der Waals surface area contributed by atoms with E-state index in [2.05, 4.69) is 28.5 Å². The van der Waals surface area contributed by atoms with Crippen molar-refractivity contribution in [1.82, 2.24) is 14.5 Å². The number of para-hydroxylation sites is 2. The zero-order valence-corrected chi connectivity index (χ0v) is 13.9. The molecule has 0 bridgehead atoms. The third-order valence-electron chi connectivity index (χ3n) is 5.34. The van der Waals surface area contributed by atoms with Crippen LogP contribution in [0.2, 0.25) is 0 Å². The van der Waals surface area contributed by atoms with E-state index >= 15 is 0 Å². The van der Waals surface area contributed by atoms with E-state index in [9.17, 15) is 4.79 Å². The minimum absolute atomic E-state index is 0.265. The second kappa shape index (κ2) is 5.99. The lowest BCUT2D eigenvalue weighted by molar-refractivity contribution is -0.135. The molecule has 2 heterocycles. The van der Waals surface area contributed by atoms with Crippen LogP contribution in [0, 0.1) is 0 Å². The van der Waals surface area contributed by atoms with Gasteiger partial charge in [0.25, 0.3) is 0 Å². The minimum atomic E-state index is 0.265. The molecular weight excluding hydrogens is 286 g/mol. The number of fused-ring (bicyclic) bond motifs is 1. The lowest BCUT2D eigenvalue weighted by atomic mass is 10.00. The first-order chi connectivity index (χ1) is 11.3. The Kier molecular flexibility index (Phi) is 3.83. The van der Waals surface area contributed by atoms with Crippen LogP contribution in [0.15, 0.2) is 24.3 Å². The van der Waals surface area contributed by atoms with Gasteiger partial charge in [0.15, 0.2) is 0 Å². The number of nitrogens with zero attached hydrogens (tertiary/aromatic N) is 3. The fraction of sp³-hybridized carbons (Fsp3) is 0.579. The molecule has 1 aromatic heterocycles. The summed E-state index contributed by atoms with van der Waals surface area (Å²) in [5.41, 5.74) is 2.13. The average Bonchev–Trinajstić information content (AvgIpc) is 3.38. The normalized spacial score (nSPS) is 21.8. The predicted octanol–water partition coefficient (Wildman–Crippen LogP) is 3.70. The Bertz CT molecular complexity index is 716. The van der Waals surface area contributed by atoms with E-state index in [1.54, 1.807) is 0 Å². The number of rotatable bonds is 4. The molecule has 4 heteroatoms. The summed E-state index contributed by atoms with van der Waals surface area (Å²) in [6.07, 6.45) is 7.03. The first-order valence-electron chi connectivity index (χ1n) is 9.02. The molecule has 1 saturated carbocycles. The fourth-order valence-corrected chi connectivity index (χ4v) is 3.89. The first-order valence-corrected chi connectivity index (χ1v) is 9.02. The maximum absolute atomic E-state index is 13.0. The molecule has 1 atom stereocenters. The number of likely N-dealkylation sites (tertiary alicyclic amines) is 1. The molecule has 4 nitrogen and oxygen atoms in total. The smallest absolute Gasteiger partial charge is 0.242 e. The maximum atomic E-state index is 13.0. The molecule has 2 aliphatic rings. The van der Waals surface area contributed by atoms with Crippen molar-refractivity contribution in [3.8, 4) is 0 Å². The summed E-state index contributed by atoms with van der Waals surface area (Å²) in [4.78, 5) is 19.9. The summed E-state index contributed by atoms with van der Waals surface area (Å²) in [5.74, 6) is 1.93. The molecule has 2 fully saturated rings. The number of carbonyl (C=O) groups excluding carboxylic acids is 1. The summed E-state index contributed by atoms with van der Waals surface area (Å²) in [6, 6.07) is 8.63. The van der Waals surface area contributed by atoms with Crippen LogP contribution >= 0.6 is 0 Å². The van der Waals surface area contributed by atoms with Gasteiger partial charge in [-0.05, 0) is 50.7 Å². The summed E-state index contributed by atoms with van der Waals surface area (Å²) >= 11 is 0. The molecular formula is C19H25N3O. The second-order valence-corrected chi connectivity index (χ2v) is 6.96. The molecule has 1 saturated heterocycles. The third-order valence-corrected chi connectivity index (χ3v) is 5.34. The van der Waals surface area contributed by atoms with E-state index in [1.807, 2.05) is 12.1 Å². The highest BCUT2D eigenvalue weighted by molar-refractivity contribution is 5.81. The van der Waals surface area contributed by atoms with Gasteiger partial charge in [-0.2, -0.15) is 0 Å². The summed E-state index contributed by atoms with van der Waals surface area (Å²) in [5, 5.41) is 0. The largest absolute Gasteiger partial charge is 0.338 e. The maximum Gasteiger partial charge on any atom is 0.242 e. The highest BCUT2D eigenvalue weighted by Gasteiger charge is 2.31. The van der Waals surface area contributed by atoms with Crippen LogP contribution in [-0.4, -0.2) is 32.9 Å². The first kappa shape index (κ1) is 14.7. The van der Waals surface area contributed by atoms with Crippen molar-refractivity contribution in [1.29, 1.82) is 0 Å². The average molecular weight is 311 g/mol. The van der Waals surface area contributed by atoms with Crippen LogP contribution in [0.25, 0.3) is 11.0 Å². The summed E-state index contributed by atoms with van der Waals surface area (Å²) < 4.78 is 2.18.